The second kappa shape index (κ2) is 6.89. The van der Waals surface area contributed by atoms with E-state index in [2.05, 4.69) is 10.6 Å². The minimum atomic E-state index is -0.427. The minimum Gasteiger partial charge on any atom is -0.342 e. The number of amides is 2. The van der Waals surface area contributed by atoms with Crippen molar-refractivity contribution in [2.75, 3.05) is 6.54 Å². The van der Waals surface area contributed by atoms with Crippen LogP contribution in [0.3, 0.4) is 0 Å². The number of carbonyl (C=O) groups is 2. The smallest absolute Gasteiger partial charge is 0.246 e. The number of halogens is 1. The van der Waals surface area contributed by atoms with Crippen LogP contribution < -0.4 is 10.6 Å². The third-order valence-electron chi connectivity index (χ3n) is 5.20. The molecule has 2 aliphatic heterocycles. The monoisotopic (exact) mass is 333 g/mol. The van der Waals surface area contributed by atoms with Crippen molar-refractivity contribution < 1.29 is 14.0 Å². The normalized spacial score (nSPS) is 27.8. The average Bonchev–Trinajstić information content (AvgIpc) is 3.02. The van der Waals surface area contributed by atoms with Crippen molar-refractivity contribution in [3.05, 3.63) is 35.6 Å². The first kappa shape index (κ1) is 16.9. The lowest BCUT2D eigenvalue weighted by Gasteiger charge is -2.36. The number of nitrogens with one attached hydrogen (secondary N) is 2. The quantitative estimate of drug-likeness (QED) is 0.857. The molecule has 0 aliphatic carbocycles. The first-order valence-electron chi connectivity index (χ1n) is 8.59. The Morgan fingerprint density at radius 1 is 1.38 bits per heavy atom. The summed E-state index contributed by atoms with van der Waals surface area (Å²) in [7, 11) is 0. The van der Waals surface area contributed by atoms with Gasteiger partial charge in [0.25, 0.3) is 0 Å². The van der Waals surface area contributed by atoms with Crippen molar-refractivity contribution in [1.29, 1.82) is 0 Å². The highest BCUT2D eigenvalue weighted by molar-refractivity contribution is 5.97. The van der Waals surface area contributed by atoms with E-state index in [9.17, 15) is 14.0 Å². The van der Waals surface area contributed by atoms with E-state index in [1.54, 1.807) is 23.1 Å². The van der Waals surface area contributed by atoms with Gasteiger partial charge in [0, 0.05) is 24.7 Å². The number of piperazine rings is 1. The van der Waals surface area contributed by atoms with Gasteiger partial charge in [-0.05, 0) is 18.4 Å². The van der Waals surface area contributed by atoms with Gasteiger partial charge in [-0.2, -0.15) is 0 Å². The van der Waals surface area contributed by atoms with Crippen molar-refractivity contribution in [2.24, 2.45) is 5.92 Å². The molecule has 6 heteroatoms. The zero-order valence-corrected chi connectivity index (χ0v) is 14.1. The Morgan fingerprint density at radius 3 is 2.83 bits per heavy atom. The molecule has 2 saturated heterocycles. The van der Waals surface area contributed by atoms with Gasteiger partial charge in [0.2, 0.25) is 11.8 Å². The number of hydrogen-bond donors (Lipinski definition) is 2. The second-order valence-corrected chi connectivity index (χ2v) is 6.78. The predicted octanol–water partition coefficient (Wildman–Crippen LogP) is 1.43. The van der Waals surface area contributed by atoms with Crippen LogP contribution in [0.1, 0.15) is 32.3 Å². The Balaban J connectivity index is 1.64. The molecule has 0 spiro atoms. The highest BCUT2D eigenvalue weighted by atomic mass is 19.1. The molecule has 0 bridgehead atoms. The molecule has 0 radical (unpaired) electrons. The van der Waals surface area contributed by atoms with E-state index in [4.69, 9.17) is 0 Å². The summed E-state index contributed by atoms with van der Waals surface area (Å²) in [6.07, 6.45) is 1.41. The molecule has 130 valence electrons. The van der Waals surface area contributed by atoms with Crippen molar-refractivity contribution in [1.82, 2.24) is 15.5 Å². The summed E-state index contributed by atoms with van der Waals surface area (Å²) in [4.78, 5) is 26.7. The minimum absolute atomic E-state index is 0.0000104. The molecule has 2 fully saturated rings. The number of benzene rings is 1. The van der Waals surface area contributed by atoms with Gasteiger partial charge in [0.05, 0.1) is 0 Å². The molecule has 1 aromatic carbocycles. The van der Waals surface area contributed by atoms with E-state index in [0.717, 1.165) is 6.42 Å². The maximum absolute atomic E-state index is 13.7. The van der Waals surface area contributed by atoms with Crippen LogP contribution in [0.4, 0.5) is 4.39 Å². The molecule has 2 aliphatic rings. The summed E-state index contributed by atoms with van der Waals surface area (Å²) in [5, 5.41) is 6.15. The van der Waals surface area contributed by atoms with Crippen molar-refractivity contribution >= 4 is 11.8 Å². The van der Waals surface area contributed by atoms with Crippen molar-refractivity contribution in [3.63, 3.8) is 0 Å². The maximum Gasteiger partial charge on any atom is 0.246 e. The predicted molar refractivity (Wildman–Crippen MR) is 88.5 cm³/mol. The Bertz CT molecular complexity index is 636. The molecular formula is C18H24FN3O2. The third-order valence-corrected chi connectivity index (χ3v) is 5.20. The van der Waals surface area contributed by atoms with Crippen LogP contribution in [0, 0.1) is 11.7 Å². The van der Waals surface area contributed by atoms with Gasteiger partial charge in [-0.1, -0.05) is 38.5 Å². The fraction of sp³-hybridized carbons (Fsp3) is 0.556. The topological polar surface area (TPSA) is 61.4 Å². The number of nitrogens with zero attached hydrogens (tertiary/aromatic N) is 1. The summed E-state index contributed by atoms with van der Waals surface area (Å²) in [5.41, 5.74) is 0.593. The zero-order chi connectivity index (χ0) is 17.3. The summed E-state index contributed by atoms with van der Waals surface area (Å²) in [6.45, 7) is 4.88. The molecule has 0 unspecified atom stereocenters. The van der Waals surface area contributed by atoms with Crippen molar-refractivity contribution in [3.8, 4) is 0 Å². The Morgan fingerprint density at radius 2 is 2.12 bits per heavy atom. The molecule has 3 rings (SSSR count). The van der Waals surface area contributed by atoms with Gasteiger partial charge < -0.3 is 15.5 Å². The molecule has 0 aromatic heterocycles. The fourth-order valence-electron chi connectivity index (χ4n) is 3.48. The molecule has 1 aromatic rings. The first-order chi connectivity index (χ1) is 11.5. The van der Waals surface area contributed by atoms with Gasteiger partial charge in [-0.25, -0.2) is 4.39 Å². The first-order valence-corrected chi connectivity index (χ1v) is 8.59. The van der Waals surface area contributed by atoms with Gasteiger partial charge in [-0.15, -0.1) is 0 Å². The largest absolute Gasteiger partial charge is 0.342 e. The lowest BCUT2D eigenvalue weighted by molar-refractivity contribution is -0.148. The standard InChI is InChI=1S/C18H24FN3O2/c1-3-11(2)16-18(24)22-10-13(8-15(22)17(23)21-16)20-9-12-6-4-5-7-14(12)19/h4-7,11,13,15-16,20H,3,8-10H2,1-2H3,(H,21,23)/t11-,13-,15-,16-/m0/s1. The Hall–Kier alpha value is -1.95. The second-order valence-electron chi connectivity index (χ2n) is 6.78. The average molecular weight is 333 g/mol. The fourth-order valence-corrected chi connectivity index (χ4v) is 3.48. The summed E-state index contributed by atoms with van der Waals surface area (Å²) in [6, 6.07) is 5.79. The summed E-state index contributed by atoms with van der Waals surface area (Å²) >= 11 is 0. The van der Waals surface area contributed by atoms with Gasteiger partial charge >= 0.3 is 0 Å². The lowest BCUT2D eigenvalue weighted by Crippen LogP contribution is -2.62. The zero-order valence-electron chi connectivity index (χ0n) is 14.1. The summed E-state index contributed by atoms with van der Waals surface area (Å²) in [5.74, 6) is -0.196. The number of carbonyl (C=O) groups excluding carboxylic acids is 2. The highest BCUT2D eigenvalue weighted by Crippen LogP contribution is 2.26. The molecule has 2 amide bonds. The van der Waals surface area contributed by atoms with Crippen LogP contribution in [0.5, 0.6) is 0 Å². The maximum atomic E-state index is 13.7. The van der Waals surface area contributed by atoms with E-state index >= 15 is 0 Å². The van der Waals surface area contributed by atoms with Gasteiger partial charge in [0.1, 0.15) is 17.9 Å². The molecule has 2 heterocycles. The summed E-state index contributed by atoms with van der Waals surface area (Å²) < 4.78 is 13.7. The van der Waals surface area contributed by atoms with E-state index < -0.39 is 12.1 Å². The van der Waals surface area contributed by atoms with Crippen LogP contribution in [-0.2, 0) is 16.1 Å². The van der Waals surface area contributed by atoms with E-state index in [-0.39, 0.29) is 29.6 Å². The third kappa shape index (κ3) is 3.15. The number of hydrogen-bond acceptors (Lipinski definition) is 3. The molecule has 5 nitrogen and oxygen atoms in total. The van der Waals surface area contributed by atoms with Crippen molar-refractivity contribution in [2.45, 2.75) is 51.4 Å². The lowest BCUT2D eigenvalue weighted by atomic mass is 9.95. The highest BCUT2D eigenvalue weighted by Gasteiger charge is 2.47. The Labute approximate surface area is 141 Å². The number of fused-ring (bicyclic) bond motifs is 1. The molecule has 24 heavy (non-hydrogen) atoms. The van der Waals surface area contributed by atoms with Crippen LogP contribution in [-0.4, -0.2) is 41.4 Å². The van der Waals surface area contributed by atoms with Gasteiger partial charge in [0.15, 0.2) is 0 Å². The van der Waals surface area contributed by atoms with Crippen LogP contribution in [0.25, 0.3) is 0 Å². The van der Waals surface area contributed by atoms with Crippen LogP contribution >= 0.6 is 0 Å². The van der Waals surface area contributed by atoms with Gasteiger partial charge in [-0.3, -0.25) is 9.59 Å². The Kier molecular flexibility index (Phi) is 4.85. The molecule has 2 N–H and O–H groups in total. The van der Waals surface area contributed by atoms with Crippen LogP contribution in [0.2, 0.25) is 0 Å². The molecule has 0 saturated carbocycles. The SMILES string of the molecule is CC[C@H](C)[C@@H]1NC(=O)[C@@H]2C[C@H](NCc3ccccc3F)CN2C1=O. The van der Waals surface area contributed by atoms with E-state index in [1.165, 1.54) is 6.07 Å². The number of rotatable bonds is 5. The molecular weight excluding hydrogens is 309 g/mol. The van der Waals surface area contributed by atoms with E-state index in [1.807, 2.05) is 13.8 Å². The van der Waals surface area contributed by atoms with Crippen LogP contribution in [0.15, 0.2) is 24.3 Å². The van der Waals surface area contributed by atoms with E-state index in [0.29, 0.717) is 25.1 Å². The molecule has 4 atom stereocenters.